The van der Waals surface area contributed by atoms with Gasteiger partial charge in [0, 0.05) is 0 Å². The summed E-state index contributed by atoms with van der Waals surface area (Å²) in [5, 5.41) is 39.4. The van der Waals surface area contributed by atoms with Crippen LogP contribution >= 0.6 is 0 Å². The van der Waals surface area contributed by atoms with E-state index in [0.29, 0.717) is 5.56 Å². The van der Waals surface area contributed by atoms with Gasteiger partial charge < -0.3 is 25.2 Å². The molecule has 0 amide bonds. The lowest BCUT2D eigenvalue weighted by Gasteiger charge is -2.40. The molecule has 0 unspecified atom stereocenters. The average Bonchev–Trinajstić information content (AvgIpc) is 2.61. The summed E-state index contributed by atoms with van der Waals surface area (Å²) in [5.74, 6) is 0. The van der Waals surface area contributed by atoms with Gasteiger partial charge in [0.15, 0.2) is 0 Å². The lowest BCUT2D eigenvalue weighted by Crippen LogP contribution is -2.55. The second-order valence-corrected chi connectivity index (χ2v) is 6.16. The van der Waals surface area contributed by atoms with Gasteiger partial charge in [-0.15, -0.1) is 0 Å². The number of aliphatic hydroxyl groups is 4. The Morgan fingerprint density at radius 3 is 2.21 bits per heavy atom. The maximum absolute atomic E-state index is 10.2. The summed E-state index contributed by atoms with van der Waals surface area (Å²) in [6, 6.07) is 17.6. The van der Waals surface area contributed by atoms with Crippen molar-refractivity contribution in [1.82, 2.24) is 0 Å². The summed E-state index contributed by atoms with van der Waals surface area (Å²) in [6.07, 6.45) is -4.91. The third-order valence-corrected chi connectivity index (χ3v) is 4.42. The first kappa shape index (κ1) is 17.1. The van der Waals surface area contributed by atoms with Gasteiger partial charge in [0.05, 0.1) is 6.61 Å². The highest BCUT2D eigenvalue weighted by Crippen LogP contribution is 2.32. The minimum absolute atomic E-state index is 0.425. The second kappa shape index (κ2) is 7.42. The molecule has 0 aromatic heterocycles. The number of hydrogen-bond donors (Lipinski definition) is 4. The van der Waals surface area contributed by atoms with E-state index in [-0.39, 0.29) is 0 Å². The van der Waals surface area contributed by atoms with Crippen LogP contribution in [0.2, 0.25) is 0 Å². The van der Waals surface area contributed by atoms with Crippen molar-refractivity contribution in [2.75, 3.05) is 6.61 Å². The van der Waals surface area contributed by atoms with E-state index in [0.717, 1.165) is 12.0 Å². The highest BCUT2D eigenvalue weighted by atomic mass is 16.5. The Kier molecular flexibility index (Phi) is 5.28. The first-order chi connectivity index (χ1) is 11.6. The Bertz CT molecular complexity index is 658. The zero-order chi connectivity index (χ0) is 17.1. The van der Waals surface area contributed by atoms with Gasteiger partial charge in [-0.05, 0) is 23.1 Å². The molecule has 1 aliphatic rings. The van der Waals surface area contributed by atoms with Crippen molar-refractivity contribution in [3.63, 3.8) is 0 Å². The van der Waals surface area contributed by atoms with E-state index in [1.165, 1.54) is 5.56 Å². The number of aliphatic hydroxyl groups excluding tert-OH is 4. The number of benzene rings is 2. The van der Waals surface area contributed by atoms with Crippen LogP contribution in [0.5, 0.6) is 0 Å². The molecule has 5 atom stereocenters. The van der Waals surface area contributed by atoms with Crippen LogP contribution in [0.15, 0.2) is 54.6 Å². The maximum atomic E-state index is 10.2. The summed E-state index contributed by atoms with van der Waals surface area (Å²) < 4.78 is 5.61. The van der Waals surface area contributed by atoms with Crippen molar-refractivity contribution in [1.29, 1.82) is 0 Å². The molecule has 0 bridgehead atoms. The molecule has 0 saturated carbocycles. The summed E-state index contributed by atoms with van der Waals surface area (Å²) >= 11 is 0. The third kappa shape index (κ3) is 3.50. The van der Waals surface area contributed by atoms with E-state index in [1.807, 2.05) is 48.5 Å². The summed E-state index contributed by atoms with van der Waals surface area (Å²) in [5.41, 5.74) is 2.93. The molecule has 3 rings (SSSR count). The zero-order valence-corrected chi connectivity index (χ0v) is 13.2. The van der Waals surface area contributed by atoms with Crippen molar-refractivity contribution < 1.29 is 25.2 Å². The average molecular weight is 330 g/mol. The zero-order valence-electron chi connectivity index (χ0n) is 13.2. The van der Waals surface area contributed by atoms with Crippen LogP contribution in [0.4, 0.5) is 0 Å². The molecule has 128 valence electrons. The normalized spacial score (nSPS) is 30.2. The molecule has 0 spiro atoms. The van der Waals surface area contributed by atoms with Gasteiger partial charge in [-0.1, -0.05) is 54.6 Å². The van der Waals surface area contributed by atoms with Gasteiger partial charge in [0.1, 0.15) is 30.5 Å². The minimum Gasteiger partial charge on any atom is -0.394 e. The van der Waals surface area contributed by atoms with Gasteiger partial charge >= 0.3 is 0 Å². The molecule has 4 N–H and O–H groups in total. The summed E-state index contributed by atoms with van der Waals surface area (Å²) in [7, 11) is 0. The van der Waals surface area contributed by atoms with Crippen LogP contribution < -0.4 is 0 Å². The standard InChI is InChI=1S/C19H22O5/c20-11-15-16(21)17(22)18(23)19(24-15)14-8-4-7-13(10-14)9-12-5-2-1-3-6-12/h1-8,10,15-23H,9,11H2/t15-,16-,17+,18-,19+/m1/s1. The molecule has 2 aromatic carbocycles. The maximum Gasteiger partial charge on any atom is 0.113 e. The number of ether oxygens (including phenoxy) is 1. The van der Waals surface area contributed by atoms with Crippen LogP contribution in [0.25, 0.3) is 0 Å². The summed E-state index contributed by atoms with van der Waals surface area (Å²) in [4.78, 5) is 0. The predicted octanol–water partition coefficient (Wildman–Crippen LogP) is 0.792. The summed E-state index contributed by atoms with van der Waals surface area (Å²) in [6.45, 7) is -0.425. The van der Waals surface area contributed by atoms with Crippen LogP contribution in [-0.2, 0) is 11.2 Å². The highest BCUT2D eigenvalue weighted by molar-refractivity contribution is 5.31. The van der Waals surface area contributed by atoms with Crippen molar-refractivity contribution >= 4 is 0 Å². The van der Waals surface area contributed by atoms with Crippen LogP contribution in [-0.4, -0.2) is 51.4 Å². The molecule has 5 nitrogen and oxygen atoms in total. The smallest absolute Gasteiger partial charge is 0.113 e. The Hall–Kier alpha value is -1.76. The molecular weight excluding hydrogens is 308 g/mol. The van der Waals surface area contributed by atoms with E-state index in [4.69, 9.17) is 4.74 Å². The van der Waals surface area contributed by atoms with Gasteiger partial charge in [0.2, 0.25) is 0 Å². The van der Waals surface area contributed by atoms with Gasteiger partial charge in [0.25, 0.3) is 0 Å². The van der Waals surface area contributed by atoms with E-state index >= 15 is 0 Å². The second-order valence-electron chi connectivity index (χ2n) is 6.16. The van der Waals surface area contributed by atoms with Crippen molar-refractivity contribution in [3.8, 4) is 0 Å². The Labute approximate surface area is 140 Å². The first-order valence-electron chi connectivity index (χ1n) is 8.03. The van der Waals surface area contributed by atoms with Crippen molar-refractivity contribution in [2.45, 2.75) is 36.9 Å². The molecule has 24 heavy (non-hydrogen) atoms. The SMILES string of the molecule is OC[C@H]1O[C@@H](c2cccc(Cc3ccccc3)c2)[C@H](O)[C@@H](O)[C@@H]1O. The van der Waals surface area contributed by atoms with E-state index in [2.05, 4.69) is 0 Å². The fourth-order valence-corrected chi connectivity index (χ4v) is 3.09. The topological polar surface area (TPSA) is 90.2 Å². The van der Waals surface area contributed by atoms with E-state index in [1.54, 1.807) is 6.07 Å². The lowest BCUT2D eigenvalue weighted by molar-refractivity contribution is -0.231. The van der Waals surface area contributed by atoms with Crippen LogP contribution in [0, 0.1) is 0 Å². The monoisotopic (exact) mass is 330 g/mol. The van der Waals surface area contributed by atoms with Crippen LogP contribution in [0.1, 0.15) is 22.8 Å². The predicted molar refractivity (Wildman–Crippen MR) is 88.4 cm³/mol. The molecule has 1 aliphatic heterocycles. The molecule has 1 saturated heterocycles. The lowest BCUT2D eigenvalue weighted by atomic mass is 9.90. The molecule has 0 aliphatic carbocycles. The molecule has 5 heteroatoms. The number of rotatable bonds is 4. The first-order valence-corrected chi connectivity index (χ1v) is 8.03. The van der Waals surface area contributed by atoms with Crippen molar-refractivity contribution in [2.24, 2.45) is 0 Å². The number of hydrogen-bond acceptors (Lipinski definition) is 5. The van der Waals surface area contributed by atoms with Gasteiger partial charge in [-0.25, -0.2) is 0 Å². The van der Waals surface area contributed by atoms with E-state index < -0.39 is 37.1 Å². The third-order valence-electron chi connectivity index (χ3n) is 4.42. The molecule has 1 fully saturated rings. The largest absolute Gasteiger partial charge is 0.394 e. The fourth-order valence-electron chi connectivity index (χ4n) is 3.09. The minimum atomic E-state index is -1.36. The Morgan fingerprint density at radius 1 is 0.792 bits per heavy atom. The molecule has 1 heterocycles. The fraction of sp³-hybridized carbons (Fsp3) is 0.368. The van der Waals surface area contributed by atoms with Gasteiger partial charge in [-0.3, -0.25) is 0 Å². The van der Waals surface area contributed by atoms with Gasteiger partial charge in [-0.2, -0.15) is 0 Å². The molecule has 0 radical (unpaired) electrons. The van der Waals surface area contributed by atoms with Crippen molar-refractivity contribution in [3.05, 3.63) is 71.3 Å². The van der Waals surface area contributed by atoms with Crippen LogP contribution in [0.3, 0.4) is 0 Å². The molecule has 2 aromatic rings. The Morgan fingerprint density at radius 2 is 1.50 bits per heavy atom. The highest BCUT2D eigenvalue weighted by Gasteiger charge is 2.43. The quantitative estimate of drug-likeness (QED) is 0.666. The molecular formula is C19H22O5. The Balaban J connectivity index is 1.82. The van der Waals surface area contributed by atoms with E-state index in [9.17, 15) is 20.4 Å².